The maximum Gasteiger partial charge on any atom is 0.416 e. The SMILES string of the molecule is O=C(c1ccc(C2(O)COC2)cc1)N1CCC(CO)(c2ccc(C(F)(F)F)cc2)CC1. The highest BCUT2D eigenvalue weighted by Gasteiger charge is 2.39. The number of ether oxygens (including phenoxy) is 1. The monoisotopic (exact) mass is 435 g/mol. The van der Waals surface area contributed by atoms with Crippen LogP contribution in [0.3, 0.4) is 0 Å². The Morgan fingerprint density at radius 3 is 1.97 bits per heavy atom. The number of piperidine rings is 1. The van der Waals surface area contributed by atoms with Crippen LogP contribution in [0.5, 0.6) is 0 Å². The Labute approximate surface area is 178 Å². The first-order chi connectivity index (χ1) is 14.7. The first-order valence-electron chi connectivity index (χ1n) is 10.2. The van der Waals surface area contributed by atoms with E-state index in [1.807, 2.05) is 0 Å². The van der Waals surface area contributed by atoms with E-state index in [2.05, 4.69) is 0 Å². The lowest BCUT2D eigenvalue weighted by Gasteiger charge is -2.41. The molecule has 4 rings (SSSR count). The summed E-state index contributed by atoms with van der Waals surface area (Å²) in [6.07, 6.45) is -3.50. The van der Waals surface area contributed by atoms with E-state index >= 15 is 0 Å². The van der Waals surface area contributed by atoms with Crippen LogP contribution in [0.2, 0.25) is 0 Å². The van der Waals surface area contributed by atoms with E-state index in [1.54, 1.807) is 29.2 Å². The minimum absolute atomic E-state index is 0.151. The molecule has 0 aliphatic carbocycles. The minimum atomic E-state index is -4.41. The van der Waals surface area contributed by atoms with Crippen LogP contribution < -0.4 is 0 Å². The van der Waals surface area contributed by atoms with Gasteiger partial charge in [-0.25, -0.2) is 0 Å². The molecule has 0 spiro atoms. The average molecular weight is 435 g/mol. The molecule has 0 aromatic heterocycles. The number of carbonyl (C=O) groups excluding carboxylic acids is 1. The van der Waals surface area contributed by atoms with Gasteiger partial charge in [-0.1, -0.05) is 24.3 Å². The number of halogens is 3. The molecular formula is C23H24F3NO4. The highest BCUT2D eigenvalue weighted by Crippen LogP contribution is 2.38. The van der Waals surface area contributed by atoms with Crippen molar-refractivity contribution in [2.24, 2.45) is 0 Å². The molecule has 0 bridgehead atoms. The Hall–Kier alpha value is -2.42. The van der Waals surface area contributed by atoms with Gasteiger partial charge in [-0.15, -0.1) is 0 Å². The third kappa shape index (κ3) is 4.07. The van der Waals surface area contributed by atoms with Gasteiger partial charge in [0.2, 0.25) is 0 Å². The third-order valence-electron chi connectivity index (χ3n) is 6.49. The van der Waals surface area contributed by atoms with Crippen LogP contribution in [0.25, 0.3) is 0 Å². The van der Waals surface area contributed by atoms with Crippen LogP contribution in [-0.2, 0) is 21.9 Å². The van der Waals surface area contributed by atoms with Gasteiger partial charge in [0.05, 0.1) is 25.4 Å². The Morgan fingerprint density at radius 1 is 0.968 bits per heavy atom. The Morgan fingerprint density at radius 2 is 1.52 bits per heavy atom. The van der Waals surface area contributed by atoms with Crippen LogP contribution in [0.4, 0.5) is 13.2 Å². The summed E-state index contributed by atoms with van der Waals surface area (Å²) in [5, 5.41) is 20.3. The maximum atomic E-state index is 12.9. The molecule has 2 saturated heterocycles. The van der Waals surface area contributed by atoms with E-state index in [9.17, 15) is 28.2 Å². The summed E-state index contributed by atoms with van der Waals surface area (Å²) in [6.45, 7) is 1.05. The van der Waals surface area contributed by atoms with Crippen molar-refractivity contribution < 1.29 is 32.9 Å². The van der Waals surface area contributed by atoms with E-state index in [0.717, 1.165) is 12.1 Å². The Kier molecular flexibility index (Phi) is 5.57. The molecule has 5 nitrogen and oxygen atoms in total. The highest BCUT2D eigenvalue weighted by molar-refractivity contribution is 5.94. The molecule has 0 atom stereocenters. The standard InChI is InChI=1S/C23H24F3NO4/c24-23(25,26)19-7-5-17(6-8-19)21(13-28)9-11-27(12-10-21)20(29)16-1-3-18(4-2-16)22(30)14-31-15-22/h1-8,28,30H,9-15H2. The van der Waals surface area contributed by atoms with Crippen molar-refractivity contribution >= 4 is 5.91 Å². The van der Waals surface area contributed by atoms with Crippen LogP contribution in [0.15, 0.2) is 48.5 Å². The number of amides is 1. The Bertz CT molecular complexity index is 929. The molecule has 2 aromatic rings. The molecule has 31 heavy (non-hydrogen) atoms. The number of likely N-dealkylation sites (tertiary alicyclic amines) is 1. The minimum Gasteiger partial charge on any atom is -0.395 e. The molecule has 0 saturated carbocycles. The maximum absolute atomic E-state index is 12.9. The van der Waals surface area contributed by atoms with Crippen molar-refractivity contribution in [2.75, 3.05) is 32.9 Å². The van der Waals surface area contributed by atoms with Gasteiger partial charge in [0.15, 0.2) is 0 Å². The van der Waals surface area contributed by atoms with Crippen LogP contribution in [-0.4, -0.2) is 53.9 Å². The lowest BCUT2D eigenvalue weighted by atomic mass is 9.73. The van der Waals surface area contributed by atoms with Gasteiger partial charge < -0.3 is 19.8 Å². The second-order valence-electron chi connectivity index (χ2n) is 8.41. The van der Waals surface area contributed by atoms with Crippen molar-refractivity contribution in [1.82, 2.24) is 4.90 Å². The van der Waals surface area contributed by atoms with Gasteiger partial charge >= 0.3 is 6.18 Å². The fraction of sp³-hybridized carbons (Fsp3) is 0.435. The molecule has 8 heteroatoms. The first-order valence-corrected chi connectivity index (χ1v) is 10.2. The first kappa shape index (κ1) is 21.8. The van der Waals surface area contributed by atoms with Crippen molar-refractivity contribution in [1.29, 1.82) is 0 Å². The molecule has 0 unspecified atom stereocenters. The zero-order valence-electron chi connectivity index (χ0n) is 16.9. The van der Waals surface area contributed by atoms with E-state index in [0.29, 0.717) is 42.6 Å². The molecule has 2 aliphatic heterocycles. The smallest absolute Gasteiger partial charge is 0.395 e. The molecule has 2 aromatic carbocycles. The fourth-order valence-corrected chi connectivity index (χ4v) is 4.26. The number of hydrogen-bond donors (Lipinski definition) is 2. The number of benzene rings is 2. The number of alkyl halides is 3. The van der Waals surface area contributed by atoms with E-state index in [1.165, 1.54) is 12.1 Å². The lowest BCUT2D eigenvalue weighted by Crippen LogP contribution is -2.47. The van der Waals surface area contributed by atoms with Gasteiger partial charge in [-0.2, -0.15) is 13.2 Å². The van der Waals surface area contributed by atoms with Crippen LogP contribution in [0, 0.1) is 0 Å². The number of aliphatic hydroxyl groups is 2. The number of aliphatic hydroxyl groups excluding tert-OH is 1. The normalized spacial score (nSPS) is 20.2. The summed E-state index contributed by atoms with van der Waals surface area (Å²) in [7, 11) is 0. The molecule has 2 fully saturated rings. The number of carbonyl (C=O) groups is 1. The van der Waals surface area contributed by atoms with Crippen molar-refractivity contribution in [3.63, 3.8) is 0 Å². The summed E-state index contributed by atoms with van der Waals surface area (Å²) in [6, 6.07) is 11.7. The summed E-state index contributed by atoms with van der Waals surface area (Å²) in [4.78, 5) is 14.6. The molecule has 1 amide bonds. The second kappa shape index (κ2) is 7.93. The van der Waals surface area contributed by atoms with E-state index in [4.69, 9.17) is 4.74 Å². The zero-order valence-corrected chi connectivity index (χ0v) is 16.9. The lowest BCUT2D eigenvalue weighted by molar-refractivity contribution is -0.184. The third-order valence-corrected chi connectivity index (χ3v) is 6.49. The highest BCUT2D eigenvalue weighted by atomic mass is 19.4. The number of hydrogen-bond acceptors (Lipinski definition) is 4. The van der Waals surface area contributed by atoms with Gasteiger partial charge in [-0.3, -0.25) is 4.79 Å². The largest absolute Gasteiger partial charge is 0.416 e. The Balaban J connectivity index is 1.43. The summed E-state index contributed by atoms with van der Waals surface area (Å²) < 4.78 is 43.6. The average Bonchev–Trinajstić information content (AvgIpc) is 2.76. The van der Waals surface area contributed by atoms with Crippen molar-refractivity contribution in [2.45, 2.75) is 30.0 Å². The van der Waals surface area contributed by atoms with Crippen LogP contribution >= 0.6 is 0 Å². The number of rotatable bonds is 4. The van der Waals surface area contributed by atoms with E-state index in [-0.39, 0.29) is 25.7 Å². The zero-order chi connectivity index (χ0) is 22.3. The summed E-state index contributed by atoms with van der Waals surface area (Å²) >= 11 is 0. The fourth-order valence-electron chi connectivity index (χ4n) is 4.26. The van der Waals surface area contributed by atoms with Gasteiger partial charge in [0, 0.05) is 24.1 Å². The summed E-state index contributed by atoms with van der Waals surface area (Å²) in [5.41, 5.74) is -0.531. The van der Waals surface area contributed by atoms with Crippen molar-refractivity contribution in [3.8, 4) is 0 Å². The summed E-state index contributed by atoms with van der Waals surface area (Å²) in [5.74, 6) is -0.151. The molecule has 2 N–H and O–H groups in total. The molecule has 0 radical (unpaired) electrons. The van der Waals surface area contributed by atoms with Gasteiger partial charge in [-0.05, 0) is 48.2 Å². The van der Waals surface area contributed by atoms with Gasteiger partial charge in [0.25, 0.3) is 5.91 Å². The molecule has 2 heterocycles. The predicted octanol–water partition coefficient (Wildman–Crippen LogP) is 3.09. The predicted molar refractivity (Wildman–Crippen MR) is 107 cm³/mol. The molecular weight excluding hydrogens is 411 g/mol. The van der Waals surface area contributed by atoms with Crippen LogP contribution in [0.1, 0.15) is 39.9 Å². The van der Waals surface area contributed by atoms with Crippen molar-refractivity contribution in [3.05, 3.63) is 70.8 Å². The van der Waals surface area contributed by atoms with Gasteiger partial charge in [0.1, 0.15) is 5.60 Å². The quantitative estimate of drug-likeness (QED) is 0.775. The molecule has 166 valence electrons. The second-order valence-corrected chi connectivity index (χ2v) is 8.41. The van der Waals surface area contributed by atoms with E-state index < -0.39 is 22.8 Å². The molecule has 2 aliphatic rings. The number of nitrogens with zero attached hydrogens (tertiary/aromatic N) is 1. The topological polar surface area (TPSA) is 70.0 Å².